The lowest BCUT2D eigenvalue weighted by atomic mass is 10.1. The van der Waals surface area contributed by atoms with E-state index in [4.69, 9.17) is 15.6 Å². The third kappa shape index (κ3) is 2.33. The van der Waals surface area contributed by atoms with Gasteiger partial charge in [0, 0.05) is 12.6 Å². The minimum Gasteiger partial charge on any atom is -0.390 e. The van der Waals surface area contributed by atoms with E-state index >= 15 is 0 Å². The van der Waals surface area contributed by atoms with Gasteiger partial charge >= 0.3 is 11.8 Å². The Labute approximate surface area is 99.4 Å². The lowest BCUT2D eigenvalue weighted by molar-refractivity contribution is -0.282. The van der Waals surface area contributed by atoms with Crippen molar-refractivity contribution in [3.8, 4) is 0 Å². The topological polar surface area (TPSA) is 111 Å². The summed E-state index contributed by atoms with van der Waals surface area (Å²) >= 11 is 0. The minimum atomic E-state index is -4.18. The predicted octanol–water partition coefficient (Wildman–Crippen LogP) is -0.941. The van der Waals surface area contributed by atoms with Crippen LogP contribution in [0.3, 0.4) is 0 Å². The number of halogens is 2. The molecule has 1 aliphatic heterocycles. The van der Waals surface area contributed by atoms with Crippen molar-refractivity contribution in [1.29, 1.82) is 0 Å². The lowest BCUT2D eigenvalue weighted by Crippen LogP contribution is -2.40. The van der Waals surface area contributed by atoms with Gasteiger partial charge in [-0.05, 0) is 6.07 Å². The highest BCUT2D eigenvalue weighted by Crippen LogP contribution is 2.34. The van der Waals surface area contributed by atoms with Gasteiger partial charge in [-0.25, -0.2) is 4.79 Å². The van der Waals surface area contributed by atoms with Gasteiger partial charge in [-0.3, -0.25) is 4.57 Å². The van der Waals surface area contributed by atoms with Crippen LogP contribution in [0.1, 0.15) is 12.6 Å². The molecule has 2 heterocycles. The maximum Gasteiger partial charge on any atom is 0.382 e. The fourth-order valence-corrected chi connectivity index (χ4v) is 1.78. The average Bonchev–Trinajstić information content (AvgIpc) is 2.59. The van der Waals surface area contributed by atoms with Gasteiger partial charge in [-0.1, -0.05) is 0 Å². The molecule has 9 heteroatoms. The van der Waals surface area contributed by atoms with Crippen molar-refractivity contribution in [3.05, 3.63) is 22.7 Å². The van der Waals surface area contributed by atoms with Crippen molar-refractivity contribution in [2.75, 3.05) is 5.73 Å². The van der Waals surface area contributed by atoms with Crippen LogP contribution in [0.5, 0.6) is 0 Å². The number of alkyl halides is 2. The van der Waals surface area contributed by atoms with Crippen molar-refractivity contribution < 1.29 is 23.7 Å². The van der Waals surface area contributed by atoms with Crippen LogP contribution in [-0.2, 0) is 4.74 Å². The number of nitrogens with two attached hydrogens (primary N) is 1. The number of ether oxygens (including phenoxy) is 1. The van der Waals surface area contributed by atoms with E-state index in [1.165, 1.54) is 12.3 Å². The van der Waals surface area contributed by atoms with Crippen LogP contribution in [-0.4, -0.2) is 38.1 Å². The monoisotopic (exact) mass is 263 g/mol. The molecule has 1 saturated heterocycles. The first-order valence-electron chi connectivity index (χ1n) is 5.07. The number of nitrogen functional groups attached to an aromatic ring is 1. The van der Waals surface area contributed by atoms with E-state index in [1.807, 2.05) is 0 Å². The highest BCUT2D eigenvalue weighted by atomic mass is 19.3. The van der Waals surface area contributed by atoms with Crippen LogP contribution in [0.15, 0.2) is 17.1 Å². The molecular formula is C9H11F2N3O4. The number of rotatable bonds is 2. The molecule has 0 spiro atoms. The second-order valence-electron chi connectivity index (χ2n) is 3.94. The molecule has 4 N–H and O–H groups in total. The highest BCUT2D eigenvalue weighted by Gasteiger charge is 2.50. The first kappa shape index (κ1) is 12.9. The summed E-state index contributed by atoms with van der Waals surface area (Å²) in [7, 11) is 0. The number of hydrogen-bond acceptors (Lipinski definition) is 6. The Bertz CT molecular complexity index is 501. The molecule has 7 nitrogen and oxygen atoms in total. The number of hydrogen-bond donors (Lipinski definition) is 3. The quantitative estimate of drug-likeness (QED) is 0.635. The van der Waals surface area contributed by atoms with E-state index in [0.717, 1.165) is 4.57 Å². The maximum atomic E-state index is 12.7. The highest BCUT2D eigenvalue weighted by molar-refractivity contribution is 5.23. The molecule has 0 unspecified atom stereocenters. The van der Waals surface area contributed by atoms with Crippen LogP contribution in [0.25, 0.3) is 0 Å². The smallest absolute Gasteiger partial charge is 0.382 e. The second-order valence-corrected chi connectivity index (χ2v) is 3.94. The molecule has 0 bridgehead atoms. The van der Waals surface area contributed by atoms with E-state index in [-0.39, 0.29) is 12.2 Å². The van der Waals surface area contributed by atoms with E-state index in [0.29, 0.717) is 0 Å². The summed E-state index contributed by atoms with van der Waals surface area (Å²) in [6.07, 6.45) is -8.00. The summed E-state index contributed by atoms with van der Waals surface area (Å²) in [5.74, 6) is -0.0150. The Morgan fingerprint density at radius 2 is 2.28 bits per heavy atom. The number of anilines is 1. The zero-order valence-corrected chi connectivity index (χ0v) is 9.03. The molecule has 0 aromatic carbocycles. The Morgan fingerprint density at radius 3 is 2.78 bits per heavy atom. The summed E-state index contributed by atoms with van der Waals surface area (Å²) < 4.78 is 31.1. The lowest BCUT2D eigenvalue weighted by Gasteiger charge is -2.20. The second kappa shape index (κ2) is 4.26. The standard InChI is InChI=1S/C9H11F2N3O4/c10-9(11,17)7-4(15)3-6(18-7)14-2-1-5(12)13-8(14)16/h1-2,4,6-7,15,17H,3H2,(H2,12,13,16)/t4-,6+,7-/m0/s1. The molecule has 0 aliphatic carbocycles. The molecule has 100 valence electrons. The van der Waals surface area contributed by atoms with Crippen LogP contribution in [0.4, 0.5) is 14.6 Å². The first-order chi connectivity index (χ1) is 8.29. The van der Waals surface area contributed by atoms with Gasteiger partial charge in [0.2, 0.25) is 0 Å². The minimum absolute atomic E-state index is 0.0150. The Balaban J connectivity index is 2.25. The Hall–Kier alpha value is -1.58. The third-order valence-electron chi connectivity index (χ3n) is 2.60. The molecule has 1 aliphatic rings. The van der Waals surface area contributed by atoms with Crippen molar-refractivity contribution >= 4 is 5.82 Å². The van der Waals surface area contributed by atoms with Crippen LogP contribution in [0, 0.1) is 0 Å². The predicted molar refractivity (Wildman–Crippen MR) is 54.6 cm³/mol. The van der Waals surface area contributed by atoms with Crippen LogP contribution < -0.4 is 11.4 Å². The van der Waals surface area contributed by atoms with Gasteiger partial charge in [0.25, 0.3) is 0 Å². The SMILES string of the molecule is Nc1ccn([C@H]2C[C@H](O)[C@@H](C(O)(F)F)O2)c(=O)n1. The number of aliphatic hydroxyl groups excluding tert-OH is 1. The summed E-state index contributed by atoms with van der Waals surface area (Å²) in [5, 5.41) is 17.9. The number of aliphatic hydroxyl groups is 2. The third-order valence-corrected chi connectivity index (χ3v) is 2.60. The molecule has 0 radical (unpaired) electrons. The van der Waals surface area contributed by atoms with E-state index < -0.39 is 30.2 Å². The number of aromatic nitrogens is 2. The molecule has 3 atom stereocenters. The summed E-state index contributed by atoms with van der Waals surface area (Å²) in [5.41, 5.74) is 4.49. The molecule has 1 aromatic heterocycles. The zero-order valence-electron chi connectivity index (χ0n) is 9.03. The first-order valence-corrected chi connectivity index (χ1v) is 5.07. The fraction of sp³-hybridized carbons (Fsp3) is 0.556. The Morgan fingerprint density at radius 1 is 1.61 bits per heavy atom. The molecule has 1 aromatic rings. The molecule has 0 saturated carbocycles. The molecule has 2 rings (SSSR count). The van der Waals surface area contributed by atoms with Gasteiger partial charge in [-0.15, -0.1) is 0 Å². The van der Waals surface area contributed by atoms with Crippen molar-refractivity contribution in [2.24, 2.45) is 0 Å². The molecule has 1 fully saturated rings. The molecular weight excluding hydrogens is 252 g/mol. The number of nitrogens with zero attached hydrogens (tertiary/aromatic N) is 2. The summed E-state index contributed by atoms with van der Waals surface area (Å²) in [6.45, 7) is 0. The Kier molecular flexibility index (Phi) is 3.05. The van der Waals surface area contributed by atoms with Crippen LogP contribution in [0.2, 0.25) is 0 Å². The fourth-order valence-electron chi connectivity index (χ4n) is 1.78. The summed E-state index contributed by atoms with van der Waals surface area (Å²) in [6, 6.07) is 1.29. The van der Waals surface area contributed by atoms with Crippen molar-refractivity contribution in [2.45, 2.75) is 31.0 Å². The van der Waals surface area contributed by atoms with Gasteiger partial charge in [0.1, 0.15) is 12.0 Å². The van der Waals surface area contributed by atoms with Crippen molar-refractivity contribution in [3.63, 3.8) is 0 Å². The largest absolute Gasteiger partial charge is 0.390 e. The van der Waals surface area contributed by atoms with Gasteiger partial charge < -0.3 is 20.7 Å². The molecule has 18 heavy (non-hydrogen) atoms. The van der Waals surface area contributed by atoms with Gasteiger partial charge in [-0.2, -0.15) is 13.8 Å². The average molecular weight is 263 g/mol. The van der Waals surface area contributed by atoms with Crippen LogP contribution >= 0.6 is 0 Å². The van der Waals surface area contributed by atoms with Gasteiger partial charge in [0.15, 0.2) is 6.10 Å². The molecule has 0 amide bonds. The van der Waals surface area contributed by atoms with E-state index in [1.54, 1.807) is 0 Å². The van der Waals surface area contributed by atoms with E-state index in [9.17, 15) is 18.7 Å². The van der Waals surface area contributed by atoms with E-state index in [2.05, 4.69) is 4.98 Å². The maximum absolute atomic E-state index is 12.7. The van der Waals surface area contributed by atoms with Gasteiger partial charge in [0.05, 0.1) is 6.10 Å². The normalized spacial score (nSPS) is 28.6. The van der Waals surface area contributed by atoms with Crippen molar-refractivity contribution in [1.82, 2.24) is 9.55 Å². The zero-order chi connectivity index (χ0) is 13.5. The summed E-state index contributed by atoms with van der Waals surface area (Å²) in [4.78, 5) is 14.9.